The molecule has 1 saturated heterocycles. The molecule has 0 spiro atoms. The molecule has 3 heterocycles. The lowest BCUT2D eigenvalue weighted by Crippen LogP contribution is -2.55. The lowest BCUT2D eigenvalue weighted by molar-refractivity contribution is 0.0484. The van der Waals surface area contributed by atoms with Gasteiger partial charge in [0.15, 0.2) is 0 Å². The molecule has 0 bridgehead atoms. The van der Waals surface area contributed by atoms with Gasteiger partial charge < -0.3 is 14.9 Å². The van der Waals surface area contributed by atoms with Gasteiger partial charge in [-0.3, -0.25) is 9.89 Å². The highest BCUT2D eigenvalue weighted by atomic mass is 35.5. The van der Waals surface area contributed by atoms with Crippen molar-refractivity contribution in [2.75, 3.05) is 19.6 Å². The van der Waals surface area contributed by atoms with E-state index in [1.807, 2.05) is 44.2 Å². The van der Waals surface area contributed by atoms with Crippen molar-refractivity contribution < 1.29 is 14.7 Å². The number of fused-ring (bicyclic) bond motifs is 2. The molecule has 1 aliphatic heterocycles. The number of nitrogens with zero attached hydrogens (tertiary/aromatic N) is 4. The summed E-state index contributed by atoms with van der Waals surface area (Å²) >= 11 is 6.57. The van der Waals surface area contributed by atoms with Crippen molar-refractivity contribution >= 4 is 45.4 Å². The average molecular weight is 464 g/mol. The van der Waals surface area contributed by atoms with Gasteiger partial charge in [-0.25, -0.2) is 9.78 Å². The number of halogens is 1. The minimum absolute atomic E-state index is 0.145. The van der Waals surface area contributed by atoms with Crippen LogP contribution in [0.15, 0.2) is 42.5 Å². The Labute approximate surface area is 194 Å². The molecule has 2 aromatic carbocycles. The van der Waals surface area contributed by atoms with Crippen LogP contribution >= 0.6 is 11.6 Å². The van der Waals surface area contributed by atoms with Gasteiger partial charge in [-0.05, 0) is 44.2 Å². The second-order valence-electron chi connectivity index (χ2n) is 8.38. The smallest absolute Gasteiger partial charge is 0.407 e. The van der Waals surface area contributed by atoms with Crippen molar-refractivity contribution in [3.8, 4) is 11.3 Å². The highest BCUT2D eigenvalue weighted by molar-refractivity contribution is 6.35. The minimum Gasteiger partial charge on any atom is -0.465 e. The molecule has 8 nitrogen and oxygen atoms in total. The van der Waals surface area contributed by atoms with Crippen LogP contribution < -0.4 is 0 Å². The number of carbonyl (C=O) groups is 2. The Kier molecular flexibility index (Phi) is 5.17. The van der Waals surface area contributed by atoms with Gasteiger partial charge in [0.1, 0.15) is 0 Å². The first-order valence-electron chi connectivity index (χ1n) is 10.7. The van der Waals surface area contributed by atoms with Gasteiger partial charge in [0.25, 0.3) is 5.91 Å². The summed E-state index contributed by atoms with van der Waals surface area (Å²) in [5.41, 5.74) is 4.61. The van der Waals surface area contributed by atoms with E-state index in [9.17, 15) is 14.7 Å². The number of hydrogen-bond donors (Lipinski definition) is 2. The quantitative estimate of drug-likeness (QED) is 0.453. The number of pyridine rings is 1. The summed E-state index contributed by atoms with van der Waals surface area (Å²) in [5, 5.41) is 18.8. The zero-order valence-electron chi connectivity index (χ0n) is 18.2. The number of aryl methyl sites for hydroxylation is 1. The van der Waals surface area contributed by atoms with Crippen LogP contribution in [0.3, 0.4) is 0 Å². The lowest BCUT2D eigenvalue weighted by Gasteiger charge is -2.38. The summed E-state index contributed by atoms with van der Waals surface area (Å²) in [4.78, 5) is 32.3. The maximum Gasteiger partial charge on any atom is 0.407 e. The van der Waals surface area contributed by atoms with Gasteiger partial charge in [-0.1, -0.05) is 23.7 Å². The van der Waals surface area contributed by atoms with Gasteiger partial charge in [0, 0.05) is 53.3 Å². The van der Waals surface area contributed by atoms with E-state index < -0.39 is 6.09 Å². The van der Waals surface area contributed by atoms with E-state index in [0.717, 1.165) is 27.5 Å². The summed E-state index contributed by atoms with van der Waals surface area (Å²) in [7, 11) is 0. The van der Waals surface area contributed by atoms with E-state index >= 15 is 0 Å². The second kappa shape index (κ2) is 8.04. The van der Waals surface area contributed by atoms with Crippen molar-refractivity contribution in [3.05, 3.63) is 58.7 Å². The molecule has 0 radical (unpaired) electrons. The lowest BCUT2D eigenvalue weighted by atomic mass is 10.0. The SMILES string of the molecule is Cc1[nH]nc2ccc(-c3cc(Cl)c4ccc(C(=O)N5CCN(C(=O)O)C[C@@H]5C)cc4n3)cc12. The molecule has 1 atom stereocenters. The van der Waals surface area contributed by atoms with Gasteiger partial charge >= 0.3 is 6.09 Å². The first-order chi connectivity index (χ1) is 15.8. The maximum absolute atomic E-state index is 13.2. The summed E-state index contributed by atoms with van der Waals surface area (Å²) in [6.07, 6.45) is -0.963. The Morgan fingerprint density at radius 1 is 1.09 bits per heavy atom. The third kappa shape index (κ3) is 3.76. The Morgan fingerprint density at radius 3 is 2.67 bits per heavy atom. The van der Waals surface area contributed by atoms with Crippen molar-refractivity contribution in [2.24, 2.45) is 0 Å². The van der Waals surface area contributed by atoms with Crippen LogP contribution in [0.25, 0.3) is 33.1 Å². The third-order valence-electron chi connectivity index (χ3n) is 6.21. The van der Waals surface area contributed by atoms with E-state index in [0.29, 0.717) is 41.4 Å². The molecule has 2 aromatic heterocycles. The number of nitrogens with one attached hydrogen (secondary N) is 1. The normalized spacial score (nSPS) is 16.5. The highest BCUT2D eigenvalue weighted by Gasteiger charge is 2.30. The fourth-order valence-electron chi connectivity index (χ4n) is 4.36. The van der Waals surface area contributed by atoms with Crippen molar-refractivity contribution in [2.45, 2.75) is 19.9 Å². The van der Waals surface area contributed by atoms with Crippen LogP contribution in [0.5, 0.6) is 0 Å². The van der Waals surface area contributed by atoms with Crippen LogP contribution in [-0.2, 0) is 0 Å². The largest absolute Gasteiger partial charge is 0.465 e. The Hall–Kier alpha value is -3.65. The molecule has 1 fully saturated rings. The van der Waals surface area contributed by atoms with Gasteiger partial charge in [-0.15, -0.1) is 0 Å². The molecular formula is C24H22ClN5O3. The number of benzene rings is 2. The van der Waals surface area contributed by atoms with Crippen LogP contribution in [0.1, 0.15) is 23.0 Å². The van der Waals surface area contributed by atoms with Crippen molar-refractivity contribution in [1.29, 1.82) is 0 Å². The fraction of sp³-hybridized carbons (Fsp3) is 0.250. The molecule has 4 aromatic rings. The molecule has 1 aliphatic rings. The number of H-pyrrole nitrogens is 1. The van der Waals surface area contributed by atoms with E-state index in [1.54, 1.807) is 17.0 Å². The minimum atomic E-state index is -0.963. The number of carbonyl (C=O) groups excluding carboxylic acids is 1. The number of aromatic amines is 1. The standard InChI is InChI=1S/C24H22ClN5O3/c1-13-12-29(24(32)33)7-8-30(13)23(31)16-3-5-17-19(25)11-21(26-22(17)10-16)15-4-6-20-18(9-15)14(2)27-28-20/h3-6,9-11,13H,7-8,12H2,1-2H3,(H,27,28)(H,32,33)/t13-/m0/s1. The van der Waals surface area contributed by atoms with E-state index in [4.69, 9.17) is 16.6 Å². The predicted molar refractivity (Wildman–Crippen MR) is 127 cm³/mol. The van der Waals surface area contributed by atoms with Gasteiger partial charge in [0.05, 0.1) is 21.7 Å². The zero-order chi connectivity index (χ0) is 23.3. The highest BCUT2D eigenvalue weighted by Crippen LogP contribution is 2.31. The Bertz CT molecular complexity index is 1420. The van der Waals surface area contributed by atoms with Crippen molar-refractivity contribution in [3.63, 3.8) is 0 Å². The first kappa shape index (κ1) is 21.2. The third-order valence-corrected chi connectivity index (χ3v) is 6.52. The number of piperazine rings is 1. The van der Waals surface area contributed by atoms with Crippen molar-refractivity contribution in [1.82, 2.24) is 25.0 Å². The van der Waals surface area contributed by atoms with Crippen LogP contribution in [-0.4, -0.2) is 67.8 Å². The van der Waals surface area contributed by atoms with E-state index in [-0.39, 0.29) is 11.9 Å². The fourth-order valence-corrected chi connectivity index (χ4v) is 4.63. The van der Waals surface area contributed by atoms with E-state index in [2.05, 4.69) is 10.2 Å². The Morgan fingerprint density at radius 2 is 1.91 bits per heavy atom. The molecule has 2 amide bonds. The van der Waals surface area contributed by atoms with E-state index in [1.165, 1.54) is 4.90 Å². The summed E-state index contributed by atoms with van der Waals surface area (Å²) < 4.78 is 0. The van der Waals surface area contributed by atoms with Crippen LogP contribution in [0.4, 0.5) is 4.79 Å². The number of rotatable bonds is 2. The Balaban J connectivity index is 1.50. The number of carboxylic acid groups (broad SMARTS) is 1. The average Bonchev–Trinajstić information content (AvgIpc) is 3.18. The molecular weight excluding hydrogens is 442 g/mol. The topological polar surface area (TPSA) is 102 Å². The molecule has 0 unspecified atom stereocenters. The second-order valence-corrected chi connectivity index (χ2v) is 8.79. The molecule has 2 N–H and O–H groups in total. The summed E-state index contributed by atoms with van der Waals surface area (Å²) in [6.45, 7) is 4.76. The number of hydrogen-bond acceptors (Lipinski definition) is 4. The van der Waals surface area contributed by atoms with Gasteiger partial charge in [0.2, 0.25) is 0 Å². The molecule has 33 heavy (non-hydrogen) atoms. The molecule has 0 saturated carbocycles. The number of amides is 2. The molecule has 9 heteroatoms. The summed E-state index contributed by atoms with van der Waals surface area (Å²) in [6, 6.07) is 12.8. The molecule has 0 aliphatic carbocycles. The maximum atomic E-state index is 13.2. The predicted octanol–water partition coefficient (Wildman–Crippen LogP) is 4.56. The number of aromatic nitrogens is 3. The monoisotopic (exact) mass is 463 g/mol. The molecule has 5 rings (SSSR count). The van der Waals surface area contributed by atoms with Gasteiger partial charge in [-0.2, -0.15) is 5.10 Å². The zero-order valence-corrected chi connectivity index (χ0v) is 18.9. The first-order valence-corrected chi connectivity index (χ1v) is 11.0. The van der Waals surface area contributed by atoms with Crippen LogP contribution in [0.2, 0.25) is 5.02 Å². The van der Waals surface area contributed by atoms with Crippen LogP contribution in [0, 0.1) is 6.92 Å². The summed E-state index contributed by atoms with van der Waals surface area (Å²) in [5.74, 6) is -0.145. The molecule has 168 valence electrons.